The third-order valence-electron chi connectivity index (χ3n) is 3.88. The summed E-state index contributed by atoms with van der Waals surface area (Å²) in [6, 6.07) is 2.20. The maximum Gasteiger partial charge on any atom is 0.290 e. The quantitative estimate of drug-likeness (QED) is 0.610. The molecule has 1 aromatic heterocycles. The number of anilines is 1. The highest BCUT2D eigenvalue weighted by atomic mass is 16.6. The highest BCUT2D eigenvalue weighted by Crippen LogP contribution is 2.20. The molecule has 0 aromatic carbocycles. The number of aromatic nitrogens is 1. The summed E-state index contributed by atoms with van der Waals surface area (Å²) < 4.78 is 5.13. The summed E-state index contributed by atoms with van der Waals surface area (Å²) in [5.74, 6) is 0.691. The molecule has 116 valence electrons. The molecule has 2 heterocycles. The van der Waals surface area contributed by atoms with E-state index in [1.54, 1.807) is 20.1 Å². The van der Waals surface area contributed by atoms with Crippen LogP contribution in [0.25, 0.3) is 0 Å². The summed E-state index contributed by atoms with van der Waals surface area (Å²) in [5, 5.41) is 14.1. The number of ether oxygens (including phenoxy) is 1. The Morgan fingerprint density at radius 2 is 2.43 bits per heavy atom. The van der Waals surface area contributed by atoms with E-state index in [0.29, 0.717) is 17.4 Å². The Morgan fingerprint density at radius 3 is 3.10 bits per heavy atom. The molecule has 1 aliphatic rings. The third kappa shape index (κ3) is 4.12. The lowest BCUT2D eigenvalue weighted by Gasteiger charge is -2.24. The molecule has 7 heteroatoms. The van der Waals surface area contributed by atoms with Crippen molar-refractivity contribution in [1.29, 1.82) is 0 Å². The molecule has 1 saturated heterocycles. The van der Waals surface area contributed by atoms with E-state index in [1.807, 2.05) is 0 Å². The van der Waals surface area contributed by atoms with Crippen LogP contribution >= 0.6 is 0 Å². The molecule has 1 atom stereocenters. The van der Waals surface area contributed by atoms with E-state index in [4.69, 9.17) is 4.74 Å². The minimum atomic E-state index is -0.407. The number of hydrogen-bond donors (Lipinski definition) is 1. The molecule has 0 aliphatic carbocycles. The van der Waals surface area contributed by atoms with Crippen LogP contribution in [0.2, 0.25) is 0 Å². The zero-order valence-corrected chi connectivity index (χ0v) is 12.5. The molecule has 2 rings (SSSR count). The molecule has 1 aromatic rings. The van der Waals surface area contributed by atoms with Crippen LogP contribution < -0.4 is 5.32 Å². The van der Waals surface area contributed by atoms with Gasteiger partial charge in [-0.25, -0.2) is 4.98 Å². The zero-order chi connectivity index (χ0) is 15.2. The molecule has 1 unspecified atom stereocenters. The van der Waals surface area contributed by atoms with E-state index in [-0.39, 0.29) is 5.69 Å². The fraction of sp³-hybridized carbons (Fsp3) is 0.643. The Morgan fingerprint density at radius 1 is 1.62 bits per heavy atom. The Bertz CT molecular complexity index is 495. The lowest BCUT2D eigenvalue weighted by Crippen LogP contribution is -2.37. The fourth-order valence-corrected chi connectivity index (χ4v) is 2.69. The largest absolute Gasteiger partial charge is 0.383 e. The first-order valence-corrected chi connectivity index (χ1v) is 7.19. The van der Waals surface area contributed by atoms with Crippen molar-refractivity contribution in [3.8, 4) is 0 Å². The summed E-state index contributed by atoms with van der Waals surface area (Å²) in [6.07, 6.45) is 3.67. The minimum Gasteiger partial charge on any atom is -0.383 e. The Balaban J connectivity index is 1.90. The SMILES string of the molecule is COCCN1CCCC1CNc1cc(C)c([N+](=O)[O-])cn1. The lowest BCUT2D eigenvalue weighted by molar-refractivity contribution is -0.385. The zero-order valence-electron chi connectivity index (χ0n) is 12.5. The van der Waals surface area contributed by atoms with Gasteiger partial charge in [-0.15, -0.1) is 0 Å². The van der Waals surface area contributed by atoms with Gasteiger partial charge in [0.05, 0.1) is 11.5 Å². The van der Waals surface area contributed by atoms with Gasteiger partial charge in [-0.2, -0.15) is 0 Å². The van der Waals surface area contributed by atoms with Crippen LogP contribution in [0.1, 0.15) is 18.4 Å². The number of nitro groups is 1. The Hall–Kier alpha value is -1.73. The number of nitrogens with one attached hydrogen (secondary N) is 1. The van der Waals surface area contributed by atoms with Crippen LogP contribution in [0.15, 0.2) is 12.3 Å². The number of pyridine rings is 1. The van der Waals surface area contributed by atoms with Crippen molar-refractivity contribution in [3.05, 3.63) is 27.9 Å². The molecule has 1 N–H and O–H groups in total. The summed E-state index contributed by atoms with van der Waals surface area (Å²) in [4.78, 5) is 16.9. The Kier molecular flexibility index (Phi) is 5.46. The summed E-state index contributed by atoms with van der Waals surface area (Å²) in [7, 11) is 1.72. The number of methoxy groups -OCH3 is 1. The van der Waals surface area contributed by atoms with Crippen LogP contribution in [0.5, 0.6) is 0 Å². The number of rotatable bonds is 7. The van der Waals surface area contributed by atoms with Gasteiger partial charge < -0.3 is 10.1 Å². The van der Waals surface area contributed by atoms with E-state index in [1.165, 1.54) is 12.6 Å². The molecule has 0 amide bonds. The number of hydrogen-bond acceptors (Lipinski definition) is 6. The normalized spacial score (nSPS) is 18.9. The molecule has 0 saturated carbocycles. The molecule has 21 heavy (non-hydrogen) atoms. The van der Waals surface area contributed by atoms with E-state index in [2.05, 4.69) is 15.2 Å². The van der Waals surface area contributed by atoms with Crippen molar-refractivity contribution in [3.63, 3.8) is 0 Å². The molecule has 0 spiro atoms. The average Bonchev–Trinajstić information content (AvgIpc) is 2.90. The van der Waals surface area contributed by atoms with Crippen LogP contribution in [-0.4, -0.2) is 54.2 Å². The third-order valence-corrected chi connectivity index (χ3v) is 3.88. The summed E-state index contributed by atoms with van der Waals surface area (Å²) in [5.41, 5.74) is 0.684. The van der Waals surface area contributed by atoms with E-state index >= 15 is 0 Å². The first kappa shape index (κ1) is 15.7. The number of nitrogens with zero attached hydrogens (tertiary/aromatic N) is 3. The van der Waals surface area contributed by atoms with E-state index in [9.17, 15) is 10.1 Å². The number of aryl methyl sites for hydroxylation is 1. The van der Waals surface area contributed by atoms with Gasteiger partial charge in [-0.05, 0) is 32.4 Å². The molecular weight excluding hydrogens is 272 g/mol. The molecule has 7 nitrogen and oxygen atoms in total. The van der Waals surface area contributed by atoms with Crippen molar-refractivity contribution < 1.29 is 9.66 Å². The molecule has 1 fully saturated rings. The molecular formula is C14H22N4O3. The van der Waals surface area contributed by atoms with Gasteiger partial charge in [0.25, 0.3) is 5.69 Å². The second kappa shape index (κ2) is 7.33. The van der Waals surface area contributed by atoms with E-state index < -0.39 is 4.92 Å². The van der Waals surface area contributed by atoms with Gasteiger partial charge in [-0.3, -0.25) is 15.0 Å². The first-order valence-electron chi connectivity index (χ1n) is 7.19. The van der Waals surface area contributed by atoms with Gasteiger partial charge in [0, 0.05) is 31.8 Å². The monoisotopic (exact) mass is 294 g/mol. The molecule has 0 radical (unpaired) electrons. The van der Waals surface area contributed by atoms with Gasteiger partial charge in [0.2, 0.25) is 0 Å². The second-order valence-corrected chi connectivity index (χ2v) is 5.32. The molecule has 0 bridgehead atoms. The van der Waals surface area contributed by atoms with Crippen LogP contribution in [-0.2, 0) is 4.74 Å². The lowest BCUT2D eigenvalue weighted by atomic mass is 10.2. The summed E-state index contributed by atoms with van der Waals surface area (Å²) >= 11 is 0. The first-order chi connectivity index (χ1) is 10.1. The topological polar surface area (TPSA) is 80.5 Å². The van der Waals surface area contributed by atoms with Crippen molar-refractivity contribution in [2.45, 2.75) is 25.8 Å². The standard InChI is InChI=1S/C14H22N4O3/c1-11-8-14(16-10-13(11)18(19)20)15-9-12-4-3-5-17(12)6-7-21-2/h8,10,12H,3-7,9H2,1-2H3,(H,15,16). The van der Waals surface area contributed by atoms with Gasteiger partial charge in [-0.1, -0.05) is 0 Å². The highest BCUT2D eigenvalue weighted by molar-refractivity contribution is 5.46. The smallest absolute Gasteiger partial charge is 0.290 e. The second-order valence-electron chi connectivity index (χ2n) is 5.32. The van der Waals surface area contributed by atoms with Crippen LogP contribution in [0, 0.1) is 17.0 Å². The van der Waals surface area contributed by atoms with Gasteiger partial charge in [0.15, 0.2) is 0 Å². The average molecular weight is 294 g/mol. The van der Waals surface area contributed by atoms with Gasteiger partial charge in [0.1, 0.15) is 12.0 Å². The predicted molar refractivity (Wildman–Crippen MR) is 80.6 cm³/mol. The minimum absolute atomic E-state index is 0.0585. The van der Waals surface area contributed by atoms with Crippen LogP contribution in [0.4, 0.5) is 11.5 Å². The highest BCUT2D eigenvalue weighted by Gasteiger charge is 2.23. The van der Waals surface area contributed by atoms with Crippen LogP contribution in [0.3, 0.4) is 0 Å². The van der Waals surface area contributed by atoms with Crippen molar-refractivity contribution in [1.82, 2.24) is 9.88 Å². The van der Waals surface area contributed by atoms with E-state index in [0.717, 1.165) is 32.7 Å². The fourth-order valence-electron chi connectivity index (χ4n) is 2.69. The van der Waals surface area contributed by atoms with Crippen molar-refractivity contribution >= 4 is 11.5 Å². The van der Waals surface area contributed by atoms with Gasteiger partial charge >= 0.3 is 0 Å². The maximum absolute atomic E-state index is 10.8. The predicted octanol–water partition coefficient (Wildman–Crippen LogP) is 1.82. The number of likely N-dealkylation sites (tertiary alicyclic amines) is 1. The maximum atomic E-state index is 10.8. The molecule has 1 aliphatic heterocycles. The van der Waals surface area contributed by atoms with Crippen molar-refractivity contribution in [2.24, 2.45) is 0 Å². The Labute approximate surface area is 124 Å². The van der Waals surface area contributed by atoms with Crippen molar-refractivity contribution in [2.75, 3.05) is 38.7 Å². The summed E-state index contributed by atoms with van der Waals surface area (Å²) in [6.45, 7) is 5.31.